The van der Waals surface area contributed by atoms with Crippen LogP contribution in [0.3, 0.4) is 0 Å². The van der Waals surface area contributed by atoms with Gasteiger partial charge in [-0.15, -0.1) is 0 Å². The van der Waals surface area contributed by atoms with E-state index >= 15 is 0 Å². The van der Waals surface area contributed by atoms with Gasteiger partial charge in [-0.05, 0) is 5.56 Å². The summed E-state index contributed by atoms with van der Waals surface area (Å²) in [6.45, 7) is -1.48. The van der Waals surface area contributed by atoms with Gasteiger partial charge in [0.15, 0.2) is 0 Å². The Bertz CT molecular complexity index is 1110. The molecule has 1 heterocycles. The lowest BCUT2D eigenvalue weighted by atomic mass is 10.0. The molecular weight excluding hydrogens is 564 g/mol. The molecule has 1 aromatic rings. The van der Waals surface area contributed by atoms with Gasteiger partial charge >= 0.3 is 30.4 Å². The Kier molecular flexibility index (Phi) is 12.2. The number of amidine groups is 1. The number of nitrogens with one attached hydrogen (secondary N) is 3. The van der Waals surface area contributed by atoms with Crippen LogP contribution < -0.4 is 16.4 Å². The number of nitrogens with two attached hydrogens (primary N) is 1. The number of oxime groups is 1. The summed E-state index contributed by atoms with van der Waals surface area (Å²) in [5, 5.41) is 31.7. The molecule has 1 aliphatic rings. The second-order valence-electron chi connectivity index (χ2n) is 7.81. The number of carbonyl (C=O) groups excluding carboxylic acids is 2. The number of benzene rings is 1. The van der Waals surface area contributed by atoms with Gasteiger partial charge in [-0.2, -0.15) is 26.3 Å². The number of nitrogen functional groups attached to an aromatic ring is 1. The molecule has 2 rings (SSSR count). The van der Waals surface area contributed by atoms with E-state index in [1.54, 1.807) is 24.3 Å². The molecule has 40 heavy (non-hydrogen) atoms. The van der Waals surface area contributed by atoms with E-state index in [0.29, 0.717) is 17.7 Å². The van der Waals surface area contributed by atoms with E-state index in [0.717, 1.165) is 5.56 Å². The standard InChI is InChI=1S/C19H22F3N5O6.C2HF3O2/c20-19(21,22)5-6-32-18(31)26-14(17(29)30)9-25-15(28)8-12-7-13(27-33-12)10-1-3-11(4-2-10)16(23)24;3-2(4,5)1(6)7/h1-4,12,14H,5-9H2,(H3,23,24)(H,25,28)(H,26,31)(H,29,30);(H,6,7)/t12?,14-;/m0./s1. The van der Waals surface area contributed by atoms with Crippen LogP contribution in [0.2, 0.25) is 0 Å². The molecule has 7 N–H and O–H groups in total. The van der Waals surface area contributed by atoms with Crippen molar-refractivity contribution in [3.8, 4) is 0 Å². The molecule has 0 spiro atoms. The summed E-state index contributed by atoms with van der Waals surface area (Å²) in [5.74, 6) is -4.93. The number of rotatable bonds is 10. The quantitative estimate of drug-likeness (QED) is 0.133. The Morgan fingerprint density at radius 2 is 1.70 bits per heavy atom. The van der Waals surface area contributed by atoms with E-state index < -0.39 is 68.0 Å². The van der Waals surface area contributed by atoms with E-state index in [2.05, 4.69) is 15.2 Å². The Balaban J connectivity index is 0.00000101. The van der Waals surface area contributed by atoms with E-state index in [-0.39, 0.29) is 12.3 Å². The summed E-state index contributed by atoms with van der Waals surface area (Å²) >= 11 is 0. The lowest BCUT2D eigenvalue weighted by Gasteiger charge is -2.16. The number of carbonyl (C=O) groups is 4. The van der Waals surface area contributed by atoms with Crippen LogP contribution in [0, 0.1) is 5.41 Å². The van der Waals surface area contributed by atoms with Gasteiger partial charge < -0.3 is 36.2 Å². The zero-order chi connectivity index (χ0) is 30.7. The third-order valence-electron chi connectivity index (χ3n) is 4.63. The smallest absolute Gasteiger partial charge is 0.480 e. The summed E-state index contributed by atoms with van der Waals surface area (Å²) in [4.78, 5) is 48.9. The number of carboxylic acids is 2. The average molecular weight is 587 g/mol. The Labute approximate surface area is 220 Å². The van der Waals surface area contributed by atoms with Crippen LogP contribution in [0.15, 0.2) is 29.4 Å². The van der Waals surface area contributed by atoms with Crippen molar-refractivity contribution in [2.75, 3.05) is 13.2 Å². The Morgan fingerprint density at radius 1 is 1.12 bits per heavy atom. The fraction of sp³-hybridized carbons (Fsp3) is 0.429. The number of hydrogen-bond donors (Lipinski definition) is 6. The van der Waals surface area contributed by atoms with Gasteiger partial charge in [0.2, 0.25) is 5.91 Å². The zero-order valence-electron chi connectivity index (χ0n) is 20.1. The molecule has 222 valence electrons. The molecule has 0 aromatic heterocycles. The van der Waals surface area contributed by atoms with Crippen molar-refractivity contribution >= 4 is 35.5 Å². The predicted molar refractivity (Wildman–Crippen MR) is 121 cm³/mol. The monoisotopic (exact) mass is 587 g/mol. The molecule has 19 heteroatoms. The Morgan fingerprint density at radius 3 is 2.17 bits per heavy atom. The number of halogens is 6. The van der Waals surface area contributed by atoms with E-state index in [1.165, 1.54) is 0 Å². The lowest BCUT2D eigenvalue weighted by molar-refractivity contribution is -0.192. The second kappa shape index (κ2) is 14.5. The zero-order valence-corrected chi connectivity index (χ0v) is 20.1. The summed E-state index contributed by atoms with van der Waals surface area (Å²) in [6, 6.07) is 5.10. The van der Waals surface area contributed by atoms with E-state index in [4.69, 9.17) is 31.0 Å². The highest BCUT2D eigenvalue weighted by Crippen LogP contribution is 2.20. The highest BCUT2D eigenvalue weighted by molar-refractivity contribution is 6.02. The van der Waals surface area contributed by atoms with E-state index in [9.17, 15) is 40.7 Å². The summed E-state index contributed by atoms with van der Waals surface area (Å²) < 4.78 is 72.2. The number of alkyl halides is 6. The van der Waals surface area contributed by atoms with Crippen molar-refractivity contribution in [2.24, 2.45) is 10.9 Å². The number of ether oxygens (including phenoxy) is 1. The van der Waals surface area contributed by atoms with Gasteiger partial charge in [0.25, 0.3) is 0 Å². The second-order valence-corrected chi connectivity index (χ2v) is 7.81. The van der Waals surface area contributed by atoms with Gasteiger partial charge in [-0.1, -0.05) is 29.4 Å². The summed E-state index contributed by atoms with van der Waals surface area (Å²) in [6.07, 6.45) is -12.8. The molecule has 0 saturated heterocycles. The minimum atomic E-state index is -5.08. The highest BCUT2D eigenvalue weighted by Gasteiger charge is 2.38. The molecule has 1 aliphatic heterocycles. The van der Waals surface area contributed by atoms with Crippen molar-refractivity contribution < 1.29 is 65.3 Å². The fourth-order valence-corrected chi connectivity index (χ4v) is 2.69. The van der Waals surface area contributed by atoms with Crippen LogP contribution in [-0.2, 0) is 24.0 Å². The van der Waals surface area contributed by atoms with Crippen molar-refractivity contribution in [3.63, 3.8) is 0 Å². The first-order chi connectivity index (χ1) is 18.4. The molecule has 0 bridgehead atoms. The molecule has 2 amide bonds. The molecule has 1 unspecified atom stereocenters. The third-order valence-corrected chi connectivity index (χ3v) is 4.63. The molecule has 2 atom stereocenters. The number of nitrogens with zero attached hydrogens (tertiary/aromatic N) is 1. The topological polar surface area (TPSA) is 213 Å². The van der Waals surface area contributed by atoms with Crippen molar-refractivity contribution in [2.45, 2.75) is 43.8 Å². The molecular formula is C21H23F6N5O8. The number of carboxylic acid groups (broad SMARTS) is 2. The molecule has 1 aromatic carbocycles. The summed E-state index contributed by atoms with van der Waals surface area (Å²) in [7, 11) is 0. The number of hydrogen-bond acceptors (Lipinski definition) is 8. The van der Waals surface area contributed by atoms with Crippen LogP contribution in [-0.4, -0.2) is 83.3 Å². The maximum atomic E-state index is 12.1. The molecule has 0 radical (unpaired) electrons. The van der Waals surface area contributed by atoms with Gasteiger partial charge in [0, 0.05) is 18.5 Å². The Hall–Kier alpha value is -4.58. The van der Waals surface area contributed by atoms with E-state index in [1.807, 2.05) is 5.32 Å². The minimum Gasteiger partial charge on any atom is -0.480 e. The van der Waals surface area contributed by atoms with Gasteiger partial charge in [-0.3, -0.25) is 10.2 Å². The van der Waals surface area contributed by atoms with Crippen LogP contribution in [0.5, 0.6) is 0 Å². The third kappa shape index (κ3) is 12.8. The van der Waals surface area contributed by atoms with Crippen LogP contribution >= 0.6 is 0 Å². The van der Waals surface area contributed by atoms with Gasteiger partial charge in [0.1, 0.15) is 24.6 Å². The SMILES string of the molecule is N=C(N)c1ccc(C2=NOC(CC(=O)NC[C@H](NC(=O)OCCC(F)(F)F)C(=O)O)C2)cc1.O=C(O)C(F)(F)F. The predicted octanol–water partition coefficient (Wildman–Crippen LogP) is 1.74. The first kappa shape index (κ1) is 33.4. The first-order valence-corrected chi connectivity index (χ1v) is 10.9. The van der Waals surface area contributed by atoms with Crippen molar-refractivity contribution in [1.29, 1.82) is 5.41 Å². The van der Waals surface area contributed by atoms with Crippen LogP contribution in [0.25, 0.3) is 0 Å². The summed E-state index contributed by atoms with van der Waals surface area (Å²) in [5.41, 5.74) is 7.25. The molecule has 0 aliphatic carbocycles. The average Bonchev–Trinajstić information content (AvgIpc) is 3.29. The van der Waals surface area contributed by atoms with Gasteiger partial charge in [0.05, 0.1) is 18.6 Å². The lowest BCUT2D eigenvalue weighted by Crippen LogP contribution is -2.49. The van der Waals surface area contributed by atoms with Crippen LogP contribution in [0.4, 0.5) is 31.1 Å². The highest BCUT2D eigenvalue weighted by atomic mass is 19.4. The number of amides is 2. The first-order valence-electron chi connectivity index (χ1n) is 10.9. The molecule has 0 saturated carbocycles. The van der Waals surface area contributed by atoms with Crippen LogP contribution in [0.1, 0.15) is 30.4 Å². The fourth-order valence-electron chi connectivity index (χ4n) is 2.69. The normalized spacial score (nSPS) is 15.3. The number of alkyl carbamates (subject to hydrolysis) is 1. The number of aliphatic carboxylic acids is 2. The maximum absolute atomic E-state index is 12.1. The minimum absolute atomic E-state index is 0.0792. The molecule has 0 fully saturated rings. The maximum Gasteiger partial charge on any atom is 0.490 e. The largest absolute Gasteiger partial charge is 0.490 e. The van der Waals surface area contributed by atoms with Gasteiger partial charge in [-0.25, -0.2) is 14.4 Å². The van der Waals surface area contributed by atoms with Crippen molar-refractivity contribution in [1.82, 2.24) is 10.6 Å². The molecule has 13 nitrogen and oxygen atoms in total. The van der Waals surface area contributed by atoms with Crippen molar-refractivity contribution in [3.05, 3.63) is 35.4 Å².